The highest BCUT2D eigenvalue weighted by Gasteiger charge is 2.49. The molecular weight excluding hydrogens is 396 g/mol. The van der Waals surface area contributed by atoms with Crippen LogP contribution in [-0.2, 0) is 10.3 Å². The average molecular weight is 418 g/mol. The Labute approximate surface area is 179 Å². The monoisotopic (exact) mass is 418 g/mol. The standard InChI is InChI=1S/C24H22N2O5/c1-24(17-9-8-15-6-4-5-7-16(15)12-17)22(28)26(23(29)25-24)14-20(27)19-13-18(30-2)10-11-21(19)31-3/h4-13H,14H2,1-3H3,(H,25,29)/t24-/m0/s1. The van der Waals surface area contributed by atoms with Crippen molar-refractivity contribution in [3.05, 3.63) is 71.8 Å². The molecule has 0 aromatic heterocycles. The number of rotatable bonds is 6. The van der Waals surface area contributed by atoms with E-state index < -0.39 is 29.8 Å². The van der Waals surface area contributed by atoms with Gasteiger partial charge in [0.2, 0.25) is 0 Å². The summed E-state index contributed by atoms with van der Waals surface area (Å²) in [5.74, 6) is -0.0949. The van der Waals surface area contributed by atoms with Crippen LogP contribution in [0, 0.1) is 0 Å². The Morgan fingerprint density at radius 1 is 0.968 bits per heavy atom. The predicted octanol–water partition coefficient (Wildman–Crippen LogP) is 3.51. The number of methoxy groups -OCH3 is 2. The summed E-state index contributed by atoms with van der Waals surface area (Å²) < 4.78 is 10.4. The van der Waals surface area contributed by atoms with Crippen LogP contribution in [0.4, 0.5) is 4.79 Å². The van der Waals surface area contributed by atoms with E-state index >= 15 is 0 Å². The van der Waals surface area contributed by atoms with E-state index in [-0.39, 0.29) is 5.56 Å². The van der Waals surface area contributed by atoms with Gasteiger partial charge in [-0.05, 0) is 47.5 Å². The molecule has 0 aliphatic carbocycles. The van der Waals surface area contributed by atoms with Gasteiger partial charge in [0.05, 0.1) is 26.3 Å². The second kappa shape index (κ2) is 7.75. The van der Waals surface area contributed by atoms with Gasteiger partial charge in [0.25, 0.3) is 5.91 Å². The van der Waals surface area contributed by atoms with Gasteiger partial charge in [-0.1, -0.05) is 36.4 Å². The van der Waals surface area contributed by atoms with Crippen molar-refractivity contribution in [2.45, 2.75) is 12.5 Å². The molecule has 0 unspecified atom stereocenters. The highest BCUT2D eigenvalue weighted by molar-refractivity contribution is 6.12. The van der Waals surface area contributed by atoms with E-state index in [1.165, 1.54) is 20.3 Å². The van der Waals surface area contributed by atoms with Crippen LogP contribution in [0.1, 0.15) is 22.8 Å². The third-order valence-corrected chi connectivity index (χ3v) is 5.61. The molecule has 1 atom stereocenters. The molecule has 7 nitrogen and oxygen atoms in total. The number of amides is 3. The van der Waals surface area contributed by atoms with E-state index in [1.807, 2.05) is 42.5 Å². The summed E-state index contributed by atoms with van der Waals surface area (Å²) in [4.78, 5) is 39.8. The van der Waals surface area contributed by atoms with Crippen LogP contribution in [0.25, 0.3) is 10.8 Å². The van der Waals surface area contributed by atoms with Crippen molar-refractivity contribution in [3.63, 3.8) is 0 Å². The SMILES string of the molecule is COc1ccc(OC)c(C(=O)CN2C(=O)N[C@@](C)(c3ccc4ccccc4c3)C2=O)c1. The van der Waals surface area contributed by atoms with E-state index in [0.29, 0.717) is 17.1 Å². The van der Waals surface area contributed by atoms with Crippen LogP contribution in [0.3, 0.4) is 0 Å². The van der Waals surface area contributed by atoms with Crippen LogP contribution in [-0.4, -0.2) is 43.4 Å². The third kappa shape index (κ3) is 3.48. The Bertz CT molecular complexity index is 1210. The number of carbonyl (C=O) groups is 3. The minimum atomic E-state index is -1.26. The minimum absolute atomic E-state index is 0.238. The fourth-order valence-electron chi connectivity index (χ4n) is 3.80. The van der Waals surface area contributed by atoms with Crippen LogP contribution in [0.5, 0.6) is 11.5 Å². The first-order valence-electron chi connectivity index (χ1n) is 9.76. The lowest BCUT2D eigenvalue weighted by molar-refractivity contribution is -0.130. The van der Waals surface area contributed by atoms with Gasteiger partial charge in [-0.15, -0.1) is 0 Å². The number of nitrogens with one attached hydrogen (secondary N) is 1. The predicted molar refractivity (Wildman–Crippen MR) is 115 cm³/mol. The maximum Gasteiger partial charge on any atom is 0.325 e. The van der Waals surface area contributed by atoms with Gasteiger partial charge < -0.3 is 14.8 Å². The third-order valence-electron chi connectivity index (χ3n) is 5.61. The lowest BCUT2D eigenvalue weighted by atomic mass is 9.90. The van der Waals surface area contributed by atoms with E-state index in [4.69, 9.17) is 9.47 Å². The number of ketones is 1. The van der Waals surface area contributed by atoms with Gasteiger partial charge in [0.15, 0.2) is 5.78 Å². The summed E-state index contributed by atoms with van der Waals surface area (Å²) >= 11 is 0. The second-order valence-electron chi connectivity index (χ2n) is 7.50. The molecule has 0 bridgehead atoms. The van der Waals surface area contributed by atoms with Gasteiger partial charge in [-0.3, -0.25) is 14.5 Å². The first-order chi connectivity index (χ1) is 14.9. The molecule has 3 amide bonds. The number of benzene rings is 3. The molecular formula is C24H22N2O5. The first kappa shape index (κ1) is 20.4. The summed E-state index contributed by atoms with van der Waals surface area (Å²) in [5, 5.41) is 4.74. The molecule has 3 aromatic carbocycles. The minimum Gasteiger partial charge on any atom is -0.497 e. The summed E-state index contributed by atoms with van der Waals surface area (Å²) in [7, 11) is 2.94. The average Bonchev–Trinajstić information content (AvgIpc) is 3.02. The van der Waals surface area contributed by atoms with Crippen LogP contribution in [0.15, 0.2) is 60.7 Å². The van der Waals surface area contributed by atoms with E-state index in [9.17, 15) is 14.4 Å². The number of Topliss-reactive ketones (excluding diaryl/α,β-unsaturated/α-hetero) is 1. The van der Waals surface area contributed by atoms with Crippen molar-refractivity contribution in [3.8, 4) is 11.5 Å². The molecule has 0 saturated carbocycles. The molecule has 7 heteroatoms. The summed E-state index contributed by atoms with van der Waals surface area (Å²) in [6.07, 6.45) is 0. The van der Waals surface area contributed by atoms with Gasteiger partial charge in [0.1, 0.15) is 17.0 Å². The van der Waals surface area contributed by atoms with Crippen LogP contribution >= 0.6 is 0 Å². The Kier molecular flexibility index (Phi) is 5.10. The Hall–Kier alpha value is -3.87. The second-order valence-corrected chi connectivity index (χ2v) is 7.50. The molecule has 1 aliphatic heterocycles. The number of ether oxygens (including phenoxy) is 2. The molecule has 31 heavy (non-hydrogen) atoms. The van der Waals surface area contributed by atoms with E-state index in [0.717, 1.165) is 15.7 Å². The fraction of sp³-hybridized carbons (Fsp3) is 0.208. The molecule has 4 rings (SSSR count). The van der Waals surface area contributed by atoms with Crippen molar-refractivity contribution >= 4 is 28.5 Å². The fourth-order valence-corrected chi connectivity index (χ4v) is 3.80. The molecule has 1 saturated heterocycles. The summed E-state index contributed by atoms with van der Waals surface area (Å²) in [6.45, 7) is 1.24. The topological polar surface area (TPSA) is 84.9 Å². The maximum atomic E-state index is 13.3. The Morgan fingerprint density at radius 3 is 2.42 bits per heavy atom. The maximum absolute atomic E-state index is 13.3. The highest BCUT2D eigenvalue weighted by atomic mass is 16.5. The van der Waals surface area contributed by atoms with Crippen LogP contribution in [0.2, 0.25) is 0 Å². The van der Waals surface area contributed by atoms with Crippen molar-refractivity contribution in [2.24, 2.45) is 0 Å². The number of imide groups is 1. The van der Waals surface area contributed by atoms with Crippen molar-refractivity contribution in [1.29, 1.82) is 0 Å². The number of hydrogen-bond donors (Lipinski definition) is 1. The van der Waals surface area contributed by atoms with Crippen molar-refractivity contribution in [1.82, 2.24) is 10.2 Å². The normalized spacial score (nSPS) is 18.2. The lowest BCUT2D eigenvalue weighted by Gasteiger charge is -2.22. The quantitative estimate of drug-likeness (QED) is 0.489. The summed E-state index contributed by atoms with van der Waals surface area (Å²) in [6, 6.07) is 17.6. The van der Waals surface area contributed by atoms with Gasteiger partial charge in [-0.2, -0.15) is 0 Å². The molecule has 0 radical (unpaired) electrons. The zero-order chi connectivity index (χ0) is 22.2. The molecule has 1 aliphatic rings. The summed E-state index contributed by atoms with van der Waals surface area (Å²) in [5.41, 5.74) is -0.375. The van der Waals surface area contributed by atoms with Gasteiger partial charge in [0, 0.05) is 0 Å². The molecule has 1 fully saturated rings. The molecule has 0 spiro atoms. The van der Waals surface area contributed by atoms with Crippen molar-refractivity contribution < 1.29 is 23.9 Å². The number of carbonyl (C=O) groups excluding carboxylic acids is 3. The number of fused-ring (bicyclic) bond motifs is 1. The Morgan fingerprint density at radius 2 is 1.71 bits per heavy atom. The van der Waals surface area contributed by atoms with Crippen LogP contribution < -0.4 is 14.8 Å². The number of hydrogen-bond acceptors (Lipinski definition) is 5. The zero-order valence-electron chi connectivity index (χ0n) is 17.5. The number of urea groups is 1. The largest absolute Gasteiger partial charge is 0.497 e. The lowest BCUT2D eigenvalue weighted by Crippen LogP contribution is -2.41. The highest BCUT2D eigenvalue weighted by Crippen LogP contribution is 2.32. The first-order valence-corrected chi connectivity index (χ1v) is 9.76. The Balaban J connectivity index is 1.63. The smallest absolute Gasteiger partial charge is 0.325 e. The molecule has 158 valence electrons. The van der Waals surface area contributed by atoms with Gasteiger partial charge >= 0.3 is 6.03 Å². The number of nitrogens with zero attached hydrogens (tertiary/aromatic N) is 1. The molecule has 3 aromatic rings. The van der Waals surface area contributed by atoms with E-state index in [1.54, 1.807) is 19.1 Å². The van der Waals surface area contributed by atoms with Gasteiger partial charge in [-0.25, -0.2) is 4.79 Å². The van der Waals surface area contributed by atoms with Crippen molar-refractivity contribution in [2.75, 3.05) is 20.8 Å². The molecule has 1 N–H and O–H groups in total. The zero-order valence-corrected chi connectivity index (χ0v) is 17.5. The van der Waals surface area contributed by atoms with E-state index in [2.05, 4.69) is 5.32 Å². The molecule has 1 heterocycles.